The Balaban J connectivity index is 0.00000300. The van der Waals surface area contributed by atoms with Crippen LogP contribution < -0.4 is 10.6 Å². The van der Waals surface area contributed by atoms with Gasteiger partial charge in [0.1, 0.15) is 5.82 Å². The van der Waals surface area contributed by atoms with Crippen molar-refractivity contribution in [1.82, 2.24) is 20.2 Å². The van der Waals surface area contributed by atoms with E-state index in [1.807, 2.05) is 49.6 Å². The molecule has 0 bridgehead atoms. The maximum absolute atomic E-state index is 4.50. The van der Waals surface area contributed by atoms with Crippen molar-refractivity contribution in [1.29, 1.82) is 0 Å². The van der Waals surface area contributed by atoms with Gasteiger partial charge >= 0.3 is 0 Å². The van der Waals surface area contributed by atoms with Crippen LogP contribution in [0.25, 0.3) is 11.3 Å². The van der Waals surface area contributed by atoms with Crippen LogP contribution in [0.15, 0.2) is 71.9 Å². The molecule has 1 aromatic heterocycles. The van der Waals surface area contributed by atoms with Crippen LogP contribution in [0.3, 0.4) is 0 Å². The lowest BCUT2D eigenvalue weighted by atomic mass is 10.2. The molecule has 7 heteroatoms. The first kappa shape index (κ1) is 22.7. The zero-order chi connectivity index (χ0) is 19.6. The van der Waals surface area contributed by atoms with E-state index in [4.69, 9.17) is 0 Å². The summed E-state index contributed by atoms with van der Waals surface area (Å²) in [7, 11) is 3.82. The largest absolute Gasteiger partial charge is 0.385 e. The van der Waals surface area contributed by atoms with E-state index in [1.165, 1.54) is 0 Å². The first-order valence-electron chi connectivity index (χ1n) is 9.56. The number of halogens is 1. The van der Waals surface area contributed by atoms with Crippen molar-refractivity contribution in [2.75, 3.05) is 32.5 Å². The van der Waals surface area contributed by atoms with E-state index in [9.17, 15) is 0 Å². The molecule has 0 atom stereocenters. The number of benzene rings is 2. The van der Waals surface area contributed by atoms with Crippen LogP contribution in [-0.2, 0) is 6.54 Å². The first-order valence-corrected chi connectivity index (χ1v) is 9.56. The normalized spacial score (nSPS) is 10.9. The van der Waals surface area contributed by atoms with Crippen molar-refractivity contribution < 1.29 is 0 Å². The fourth-order valence-corrected chi connectivity index (χ4v) is 2.97. The Labute approximate surface area is 189 Å². The van der Waals surface area contributed by atoms with E-state index >= 15 is 0 Å². The molecule has 0 unspecified atom stereocenters. The van der Waals surface area contributed by atoms with Gasteiger partial charge in [-0.1, -0.05) is 48.5 Å². The highest BCUT2D eigenvalue weighted by atomic mass is 127. The van der Waals surface area contributed by atoms with Crippen LogP contribution in [0.2, 0.25) is 0 Å². The fraction of sp³-hybridized carbons (Fsp3) is 0.273. The average molecular weight is 504 g/mol. The van der Waals surface area contributed by atoms with Gasteiger partial charge in [0, 0.05) is 32.9 Å². The van der Waals surface area contributed by atoms with Crippen molar-refractivity contribution in [2.24, 2.45) is 4.99 Å². The summed E-state index contributed by atoms with van der Waals surface area (Å²) in [5, 5.41) is 6.82. The lowest BCUT2D eigenvalue weighted by molar-refractivity contribution is 0.463. The van der Waals surface area contributed by atoms with E-state index in [2.05, 4.69) is 54.8 Å². The minimum absolute atomic E-state index is 0. The number of guanidine groups is 1. The Hall–Kier alpha value is -2.55. The summed E-state index contributed by atoms with van der Waals surface area (Å²) in [6.45, 7) is 2.43. The number of para-hydroxylation sites is 1. The van der Waals surface area contributed by atoms with Crippen molar-refractivity contribution in [3.63, 3.8) is 0 Å². The number of hydrogen-bond acceptors (Lipinski definition) is 3. The Morgan fingerprint density at radius 1 is 1.03 bits per heavy atom. The average Bonchev–Trinajstić information content (AvgIpc) is 3.20. The third kappa shape index (κ3) is 7.08. The predicted molar refractivity (Wildman–Crippen MR) is 132 cm³/mol. The minimum Gasteiger partial charge on any atom is -0.385 e. The van der Waals surface area contributed by atoms with Gasteiger partial charge in [-0.2, -0.15) is 0 Å². The molecule has 0 spiro atoms. The van der Waals surface area contributed by atoms with E-state index in [0.717, 1.165) is 48.2 Å². The van der Waals surface area contributed by atoms with Crippen LogP contribution in [-0.4, -0.2) is 48.0 Å². The number of nitrogens with zero attached hydrogens (tertiary/aromatic N) is 3. The molecule has 2 aromatic carbocycles. The fourth-order valence-electron chi connectivity index (χ4n) is 2.97. The highest BCUT2D eigenvalue weighted by molar-refractivity contribution is 14.0. The lowest BCUT2D eigenvalue weighted by Crippen LogP contribution is -2.39. The number of anilines is 1. The summed E-state index contributed by atoms with van der Waals surface area (Å²) in [5.74, 6) is 1.77. The second-order valence-electron chi connectivity index (χ2n) is 6.59. The van der Waals surface area contributed by atoms with Gasteiger partial charge in [0.05, 0.1) is 18.4 Å². The summed E-state index contributed by atoms with van der Waals surface area (Å²) in [6.07, 6.45) is 2.88. The third-order valence-electron chi connectivity index (χ3n) is 4.41. The molecule has 154 valence electrons. The SMILES string of the molecule is CN=C(NCCCNc1ccccc1)N(C)Cc1ncc(-c2ccccc2)[nH]1.I. The number of imidazole rings is 1. The smallest absolute Gasteiger partial charge is 0.193 e. The van der Waals surface area contributed by atoms with E-state index < -0.39 is 0 Å². The number of aromatic amines is 1. The van der Waals surface area contributed by atoms with Crippen molar-refractivity contribution >= 4 is 35.6 Å². The Kier molecular flexibility index (Phi) is 9.49. The summed E-state index contributed by atoms with van der Waals surface area (Å²) in [6, 6.07) is 20.5. The number of hydrogen-bond donors (Lipinski definition) is 3. The molecule has 0 aliphatic carbocycles. The van der Waals surface area contributed by atoms with E-state index in [1.54, 1.807) is 7.05 Å². The molecule has 0 amide bonds. The van der Waals surface area contributed by atoms with Crippen molar-refractivity contribution in [3.8, 4) is 11.3 Å². The van der Waals surface area contributed by atoms with E-state index in [-0.39, 0.29) is 24.0 Å². The van der Waals surface area contributed by atoms with Crippen LogP contribution in [0.1, 0.15) is 12.2 Å². The van der Waals surface area contributed by atoms with Gasteiger partial charge < -0.3 is 20.5 Å². The summed E-state index contributed by atoms with van der Waals surface area (Å²) >= 11 is 0. The molecule has 0 aliphatic rings. The van der Waals surface area contributed by atoms with Gasteiger partial charge in [0.2, 0.25) is 0 Å². The second-order valence-corrected chi connectivity index (χ2v) is 6.59. The number of rotatable bonds is 8. The highest BCUT2D eigenvalue weighted by Crippen LogP contribution is 2.16. The Morgan fingerprint density at radius 3 is 2.41 bits per heavy atom. The monoisotopic (exact) mass is 504 g/mol. The lowest BCUT2D eigenvalue weighted by Gasteiger charge is -2.21. The zero-order valence-electron chi connectivity index (χ0n) is 16.9. The predicted octanol–water partition coefficient (Wildman–Crippen LogP) is 4.20. The molecule has 0 aliphatic heterocycles. The molecule has 3 aromatic rings. The molecular formula is C22H29IN6. The summed E-state index contributed by atoms with van der Waals surface area (Å²) in [4.78, 5) is 14.3. The van der Waals surface area contributed by atoms with Gasteiger partial charge in [-0.25, -0.2) is 4.98 Å². The van der Waals surface area contributed by atoms with Crippen molar-refractivity contribution in [2.45, 2.75) is 13.0 Å². The number of nitrogens with one attached hydrogen (secondary N) is 3. The standard InChI is InChI=1S/C22H28N6.HI/c1-23-22(25-15-9-14-24-19-12-7-4-8-13-19)28(2)17-21-26-16-20(27-21)18-10-5-3-6-11-18;/h3-8,10-13,16,24H,9,14-15,17H2,1-2H3,(H,23,25)(H,26,27);1H. The zero-order valence-corrected chi connectivity index (χ0v) is 19.3. The Morgan fingerprint density at radius 2 is 1.72 bits per heavy atom. The van der Waals surface area contributed by atoms with Gasteiger partial charge in [0.25, 0.3) is 0 Å². The molecule has 3 rings (SSSR count). The third-order valence-corrected chi connectivity index (χ3v) is 4.41. The van der Waals surface area contributed by atoms with Gasteiger partial charge in [-0.3, -0.25) is 4.99 Å². The molecular weight excluding hydrogens is 475 g/mol. The second kappa shape index (κ2) is 12.1. The highest BCUT2D eigenvalue weighted by Gasteiger charge is 2.09. The van der Waals surface area contributed by atoms with Crippen LogP contribution >= 0.6 is 24.0 Å². The number of aromatic nitrogens is 2. The number of H-pyrrole nitrogens is 1. The maximum Gasteiger partial charge on any atom is 0.193 e. The van der Waals surface area contributed by atoms with Crippen LogP contribution in [0.4, 0.5) is 5.69 Å². The summed E-state index contributed by atoms with van der Waals surface area (Å²) in [5.41, 5.74) is 3.31. The van der Waals surface area contributed by atoms with Gasteiger partial charge in [0.15, 0.2) is 5.96 Å². The van der Waals surface area contributed by atoms with Crippen LogP contribution in [0.5, 0.6) is 0 Å². The van der Waals surface area contributed by atoms with Gasteiger partial charge in [-0.05, 0) is 24.1 Å². The minimum atomic E-state index is 0. The molecule has 0 saturated heterocycles. The van der Waals surface area contributed by atoms with Crippen molar-refractivity contribution in [3.05, 3.63) is 72.7 Å². The molecule has 0 saturated carbocycles. The quantitative estimate of drug-likeness (QED) is 0.186. The summed E-state index contributed by atoms with van der Waals surface area (Å²) < 4.78 is 0. The number of aliphatic imine (C=N–C) groups is 1. The molecule has 1 heterocycles. The van der Waals surface area contributed by atoms with Crippen LogP contribution in [0, 0.1) is 0 Å². The van der Waals surface area contributed by atoms with Gasteiger partial charge in [-0.15, -0.1) is 24.0 Å². The Bertz CT molecular complexity index is 863. The molecule has 3 N–H and O–H groups in total. The molecule has 6 nitrogen and oxygen atoms in total. The maximum atomic E-state index is 4.50. The molecule has 0 fully saturated rings. The molecule has 0 radical (unpaired) electrons. The molecule has 29 heavy (non-hydrogen) atoms. The van der Waals surface area contributed by atoms with E-state index in [0.29, 0.717) is 6.54 Å². The topological polar surface area (TPSA) is 68.3 Å². The first-order chi connectivity index (χ1) is 13.8.